The summed E-state index contributed by atoms with van der Waals surface area (Å²) in [7, 11) is 0. The molecule has 5 rings (SSSR count). The molecular formula is C22H26N4O2. The van der Waals surface area contributed by atoms with Crippen molar-refractivity contribution in [3.63, 3.8) is 0 Å². The molecule has 0 radical (unpaired) electrons. The van der Waals surface area contributed by atoms with Crippen LogP contribution in [0.5, 0.6) is 0 Å². The molecule has 6 nitrogen and oxygen atoms in total. The van der Waals surface area contributed by atoms with Gasteiger partial charge in [-0.2, -0.15) is 0 Å². The van der Waals surface area contributed by atoms with Crippen LogP contribution in [0, 0.1) is 12.8 Å². The van der Waals surface area contributed by atoms with Crippen LogP contribution in [0.1, 0.15) is 50.2 Å². The molecule has 1 atom stereocenters. The number of rotatable bonds is 5. The van der Waals surface area contributed by atoms with Gasteiger partial charge in [-0.25, -0.2) is 0 Å². The highest BCUT2D eigenvalue weighted by molar-refractivity contribution is 5.77. The van der Waals surface area contributed by atoms with Crippen molar-refractivity contribution in [2.75, 3.05) is 6.54 Å². The maximum Gasteiger partial charge on any atom is 0.253 e. The molecule has 3 aromatic rings. The zero-order valence-corrected chi connectivity index (χ0v) is 16.3. The van der Waals surface area contributed by atoms with Crippen molar-refractivity contribution in [1.82, 2.24) is 20.3 Å². The molecule has 1 aromatic carbocycles. The molecule has 1 saturated carbocycles. The second-order valence-corrected chi connectivity index (χ2v) is 8.05. The fourth-order valence-corrected chi connectivity index (χ4v) is 4.93. The topological polar surface area (TPSA) is 68.2 Å². The number of aromatic nitrogens is 3. The van der Waals surface area contributed by atoms with Gasteiger partial charge >= 0.3 is 0 Å². The molecule has 2 aromatic heterocycles. The lowest BCUT2D eigenvalue weighted by Gasteiger charge is -2.28. The Balaban J connectivity index is 1.38. The van der Waals surface area contributed by atoms with Crippen LogP contribution in [0.2, 0.25) is 0 Å². The molecule has 3 heterocycles. The standard InChI is InChI=1S/C22H26N4O2/c1-15-20(21(25-28-15)17-10-3-2-4-11-17)22-24-23-19(27-22)14-26-13-7-12-18(26)16-8-5-6-9-16/h2-4,10-11,16,18H,5-9,12-14H2,1H3. The van der Waals surface area contributed by atoms with E-state index in [1.807, 2.05) is 37.3 Å². The monoisotopic (exact) mass is 378 g/mol. The molecule has 146 valence electrons. The first-order chi connectivity index (χ1) is 13.8. The number of likely N-dealkylation sites (tertiary alicyclic amines) is 1. The van der Waals surface area contributed by atoms with Crippen molar-refractivity contribution in [3.8, 4) is 22.7 Å². The summed E-state index contributed by atoms with van der Waals surface area (Å²) in [5.74, 6) is 2.71. The summed E-state index contributed by atoms with van der Waals surface area (Å²) in [5.41, 5.74) is 2.52. The number of benzene rings is 1. The third kappa shape index (κ3) is 3.26. The van der Waals surface area contributed by atoms with Gasteiger partial charge in [0.05, 0.1) is 6.54 Å². The Labute approximate surface area is 164 Å². The minimum absolute atomic E-state index is 0.490. The second kappa shape index (κ2) is 7.51. The lowest BCUT2D eigenvalue weighted by atomic mass is 9.96. The molecule has 0 amide bonds. The maximum absolute atomic E-state index is 6.08. The molecule has 0 N–H and O–H groups in total. The van der Waals surface area contributed by atoms with Crippen molar-refractivity contribution in [3.05, 3.63) is 42.0 Å². The van der Waals surface area contributed by atoms with E-state index < -0.39 is 0 Å². The Bertz CT molecular complexity index is 927. The molecule has 2 fully saturated rings. The Hall–Kier alpha value is -2.47. The Morgan fingerprint density at radius 3 is 2.68 bits per heavy atom. The van der Waals surface area contributed by atoms with E-state index in [1.54, 1.807) is 0 Å². The van der Waals surface area contributed by atoms with E-state index >= 15 is 0 Å². The van der Waals surface area contributed by atoms with Crippen molar-refractivity contribution in [2.24, 2.45) is 5.92 Å². The van der Waals surface area contributed by atoms with Crippen LogP contribution >= 0.6 is 0 Å². The first kappa shape index (κ1) is 17.6. The van der Waals surface area contributed by atoms with E-state index in [-0.39, 0.29) is 0 Å². The summed E-state index contributed by atoms with van der Waals surface area (Å²) in [6, 6.07) is 10.6. The maximum atomic E-state index is 6.08. The number of hydrogen-bond donors (Lipinski definition) is 0. The zero-order valence-electron chi connectivity index (χ0n) is 16.3. The summed E-state index contributed by atoms with van der Waals surface area (Å²) >= 11 is 0. The van der Waals surface area contributed by atoms with Crippen LogP contribution in [0.15, 0.2) is 39.3 Å². The van der Waals surface area contributed by atoms with Gasteiger partial charge < -0.3 is 8.94 Å². The predicted molar refractivity (Wildman–Crippen MR) is 105 cm³/mol. The smallest absolute Gasteiger partial charge is 0.253 e. The van der Waals surface area contributed by atoms with Gasteiger partial charge in [0.2, 0.25) is 5.89 Å². The average Bonchev–Trinajstić information content (AvgIpc) is 3.50. The predicted octanol–water partition coefficient (Wildman–Crippen LogP) is 4.85. The highest BCUT2D eigenvalue weighted by atomic mass is 16.5. The molecule has 0 spiro atoms. The number of aryl methyl sites for hydroxylation is 1. The molecule has 6 heteroatoms. The van der Waals surface area contributed by atoms with Gasteiger partial charge in [-0.15, -0.1) is 10.2 Å². The van der Waals surface area contributed by atoms with E-state index in [0.717, 1.165) is 35.8 Å². The van der Waals surface area contributed by atoms with E-state index in [9.17, 15) is 0 Å². The summed E-state index contributed by atoms with van der Waals surface area (Å²) < 4.78 is 11.5. The lowest BCUT2D eigenvalue weighted by molar-refractivity contribution is 0.169. The van der Waals surface area contributed by atoms with E-state index in [4.69, 9.17) is 8.94 Å². The van der Waals surface area contributed by atoms with Crippen molar-refractivity contribution in [2.45, 2.75) is 58.0 Å². The van der Waals surface area contributed by atoms with Gasteiger partial charge in [0, 0.05) is 11.6 Å². The van der Waals surface area contributed by atoms with Crippen LogP contribution in [0.3, 0.4) is 0 Å². The van der Waals surface area contributed by atoms with Crippen molar-refractivity contribution >= 4 is 0 Å². The molecule has 1 aliphatic heterocycles. The minimum atomic E-state index is 0.490. The summed E-state index contributed by atoms with van der Waals surface area (Å²) in [6.07, 6.45) is 8.08. The fraction of sp³-hybridized carbons (Fsp3) is 0.500. The third-order valence-corrected chi connectivity index (χ3v) is 6.29. The highest BCUT2D eigenvalue weighted by Crippen LogP contribution is 2.37. The first-order valence-corrected chi connectivity index (χ1v) is 10.4. The van der Waals surface area contributed by atoms with E-state index in [0.29, 0.717) is 23.6 Å². The largest absolute Gasteiger partial charge is 0.419 e. The molecule has 1 saturated heterocycles. The van der Waals surface area contributed by atoms with Gasteiger partial charge in [0.25, 0.3) is 5.89 Å². The molecule has 28 heavy (non-hydrogen) atoms. The lowest BCUT2D eigenvalue weighted by Crippen LogP contribution is -2.34. The van der Waals surface area contributed by atoms with Gasteiger partial charge in [0.1, 0.15) is 17.0 Å². The fourth-order valence-electron chi connectivity index (χ4n) is 4.93. The van der Waals surface area contributed by atoms with Crippen molar-refractivity contribution < 1.29 is 8.94 Å². The van der Waals surface area contributed by atoms with E-state index in [2.05, 4.69) is 20.3 Å². The van der Waals surface area contributed by atoms with Gasteiger partial charge in [0.15, 0.2) is 0 Å². The molecule has 1 unspecified atom stereocenters. The van der Waals surface area contributed by atoms with Crippen LogP contribution in [0.25, 0.3) is 22.7 Å². The number of nitrogens with zero attached hydrogens (tertiary/aromatic N) is 4. The Kier molecular flexibility index (Phi) is 4.72. The van der Waals surface area contributed by atoms with Crippen molar-refractivity contribution in [1.29, 1.82) is 0 Å². The molecule has 1 aliphatic carbocycles. The number of hydrogen-bond acceptors (Lipinski definition) is 6. The van der Waals surface area contributed by atoms with Crippen LogP contribution in [-0.4, -0.2) is 32.8 Å². The van der Waals surface area contributed by atoms with Crippen LogP contribution in [0.4, 0.5) is 0 Å². The van der Waals surface area contributed by atoms with Gasteiger partial charge in [-0.1, -0.05) is 48.3 Å². The van der Waals surface area contributed by atoms with E-state index in [1.165, 1.54) is 38.5 Å². The summed E-state index contributed by atoms with van der Waals surface area (Å²) in [6.45, 7) is 3.74. The van der Waals surface area contributed by atoms with Crippen LogP contribution in [-0.2, 0) is 6.54 Å². The Morgan fingerprint density at radius 1 is 1.04 bits per heavy atom. The van der Waals surface area contributed by atoms with Gasteiger partial charge in [-0.05, 0) is 45.1 Å². The molecular weight excluding hydrogens is 352 g/mol. The van der Waals surface area contributed by atoms with Crippen LogP contribution < -0.4 is 0 Å². The van der Waals surface area contributed by atoms with Gasteiger partial charge in [-0.3, -0.25) is 4.90 Å². The normalized spacial score (nSPS) is 21.0. The quantitative estimate of drug-likeness (QED) is 0.632. The SMILES string of the molecule is Cc1onc(-c2ccccc2)c1-c1nnc(CN2CCCC2C2CCCC2)o1. The second-order valence-electron chi connectivity index (χ2n) is 8.05. The summed E-state index contributed by atoms with van der Waals surface area (Å²) in [4.78, 5) is 2.55. The first-order valence-electron chi connectivity index (χ1n) is 10.4. The summed E-state index contributed by atoms with van der Waals surface area (Å²) in [5, 5.41) is 12.9. The Morgan fingerprint density at radius 2 is 1.86 bits per heavy atom. The zero-order chi connectivity index (χ0) is 18.9. The third-order valence-electron chi connectivity index (χ3n) is 6.29. The average molecular weight is 378 g/mol. The molecule has 2 aliphatic rings. The highest BCUT2D eigenvalue weighted by Gasteiger charge is 2.34. The minimum Gasteiger partial charge on any atom is -0.419 e. The molecule has 0 bridgehead atoms.